The number of aliphatic hydroxyl groups is 1. The average molecular weight is 174 g/mol. The van der Waals surface area contributed by atoms with Crippen molar-refractivity contribution in [1.82, 2.24) is 0 Å². The molecule has 3 heteroatoms. The van der Waals surface area contributed by atoms with Gasteiger partial charge in [-0.05, 0) is 6.42 Å². The predicted molar refractivity (Wildman–Crippen MR) is 48.3 cm³/mol. The summed E-state index contributed by atoms with van der Waals surface area (Å²) < 4.78 is 8.28. The van der Waals surface area contributed by atoms with Gasteiger partial charge in [-0.25, -0.2) is 0 Å². The van der Waals surface area contributed by atoms with Crippen LogP contribution in [0.25, 0.3) is 0 Å². The van der Waals surface area contributed by atoms with Gasteiger partial charge in [-0.2, -0.15) is 0 Å². The number of rotatable bonds is 6. The first-order valence-electron chi connectivity index (χ1n) is 4.31. The molecule has 0 aromatic rings. The third kappa shape index (κ3) is 17.9. The van der Waals surface area contributed by atoms with Gasteiger partial charge in [-0.1, -0.05) is 39.0 Å². The Morgan fingerprint density at radius 2 is 1.45 bits per heavy atom. The molecule has 0 saturated heterocycles. The van der Waals surface area contributed by atoms with Gasteiger partial charge in [0.15, 0.2) is 0 Å². The summed E-state index contributed by atoms with van der Waals surface area (Å²) in [4.78, 5) is 0. The molecule has 0 heterocycles. The van der Waals surface area contributed by atoms with Gasteiger partial charge in [0.1, 0.15) is 0 Å². The van der Waals surface area contributed by atoms with Gasteiger partial charge in [0.05, 0.1) is 0 Å². The summed E-state index contributed by atoms with van der Waals surface area (Å²) in [6.45, 7) is 2.58. The molecule has 0 aliphatic carbocycles. The second kappa shape index (κ2) is 16.7. The van der Waals surface area contributed by atoms with E-state index in [4.69, 9.17) is 8.91 Å². The van der Waals surface area contributed by atoms with Crippen molar-refractivity contribution in [3.63, 3.8) is 0 Å². The number of unbranched alkanes of at least 4 members (excludes halogenated alkanes) is 5. The Kier molecular flexibility index (Phi) is 21.0. The van der Waals surface area contributed by atoms with Gasteiger partial charge in [0, 0.05) is 6.61 Å². The molecule has 0 aromatic heterocycles. The van der Waals surface area contributed by atoms with Crippen molar-refractivity contribution in [1.29, 1.82) is 0 Å². The fourth-order valence-electron chi connectivity index (χ4n) is 0.892. The van der Waals surface area contributed by atoms with Crippen LogP contribution in [0.15, 0.2) is 0 Å². The molecule has 0 unspecified atom stereocenters. The van der Waals surface area contributed by atoms with Crippen LogP contribution in [0.2, 0.25) is 0 Å². The Bertz CT molecular complexity index is 54.1. The SMILES string of the molecule is CCCCCCCCO.[O]=[AlH]. The van der Waals surface area contributed by atoms with E-state index in [1.807, 2.05) is 0 Å². The Hall–Kier alpha value is 0.292. The molecule has 0 saturated carbocycles. The summed E-state index contributed by atoms with van der Waals surface area (Å²) in [5, 5.41) is 8.42. The van der Waals surface area contributed by atoms with Crippen molar-refractivity contribution in [2.45, 2.75) is 45.4 Å². The van der Waals surface area contributed by atoms with Crippen LogP contribution in [-0.4, -0.2) is 27.9 Å². The molecule has 0 aromatic carbocycles. The van der Waals surface area contributed by atoms with E-state index in [1.165, 1.54) is 32.1 Å². The summed E-state index contributed by atoms with van der Waals surface area (Å²) in [6.07, 6.45) is 7.50. The topological polar surface area (TPSA) is 37.3 Å². The summed E-state index contributed by atoms with van der Waals surface area (Å²) in [5.41, 5.74) is 0. The van der Waals surface area contributed by atoms with Crippen molar-refractivity contribution in [2.75, 3.05) is 6.61 Å². The summed E-state index contributed by atoms with van der Waals surface area (Å²) in [7, 11) is 0. The van der Waals surface area contributed by atoms with Crippen molar-refractivity contribution in [2.24, 2.45) is 0 Å². The van der Waals surface area contributed by atoms with Crippen LogP contribution < -0.4 is 0 Å². The molecule has 2 nitrogen and oxygen atoms in total. The van der Waals surface area contributed by atoms with E-state index in [9.17, 15) is 0 Å². The van der Waals surface area contributed by atoms with Crippen LogP contribution >= 0.6 is 0 Å². The average Bonchev–Trinajstić information content (AvgIpc) is 2.08. The number of hydrogen-bond acceptors (Lipinski definition) is 2. The fraction of sp³-hybridized carbons (Fsp3) is 1.00. The van der Waals surface area contributed by atoms with Crippen LogP contribution in [0.1, 0.15) is 45.4 Å². The van der Waals surface area contributed by atoms with Crippen molar-refractivity contribution in [3.8, 4) is 0 Å². The van der Waals surface area contributed by atoms with Gasteiger partial charge < -0.3 is 5.11 Å². The number of aliphatic hydroxyl groups excluding tert-OH is 1. The molecule has 66 valence electrons. The van der Waals surface area contributed by atoms with Crippen molar-refractivity contribution >= 4 is 16.2 Å². The Balaban J connectivity index is 0. The zero-order chi connectivity index (χ0) is 8.95. The summed E-state index contributed by atoms with van der Waals surface area (Å²) in [5.74, 6) is 0. The molecule has 0 spiro atoms. The normalized spacial score (nSPS) is 8.45. The minimum absolute atomic E-state index is 0.367. The van der Waals surface area contributed by atoms with Crippen LogP contribution in [0, 0.1) is 0 Å². The molecule has 0 bridgehead atoms. The zero-order valence-corrected chi connectivity index (χ0v) is 8.93. The molecular formula is C8H19AlO2. The standard InChI is InChI=1S/C8H18O.Al.O.H/c1-2-3-4-5-6-7-8-9;;;/h9H,2-8H2,1H3;;;. The van der Waals surface area contributed by atoms with Gasteiger partial charge >= 0.3 is 20.0 Å². The molecule has 1 N–H and O–H groups in total. The Labute approximate surface area is 77.6 Å². The van der Waals surface area contributed by atoms with E-state index in [2.05, 4.69) is 6.92 Å². The van der Waals surface area contributed by atoms with Gasteiger partial charge in [-0.15, -0.1) is 0 Å². The molecule has 0 atom stereocenters. The second-order valence-electron chi connectivity index (χ2n) is 2.49. The predicted octanol–water partition coefficient (Wildman–Crippen LogP) is 1.57. The van der Waals surface area contributed by atoms with Gasteiger partial charge in [0.25, 0.3) is 0 Å². The molecule has 0 aliphatic rings. The molecule has 0 amide bonds. The second-order valence-corrected chi connectivity index (χ2v) is 2.49. The fourth-order valence-corrected chi connectivity index (χ4v) is 0.892. The monoisotopic (exact) mass is 174 g/mol. The minimum atomic E-state index is 0.367. The van der Waals surface area contributed by atoms with Crippen LogP contribution in [0.4, 0.5) is 0 Å². The third-order valence-electron chi connectivity index (χ3n) is 1.51. The maximum atomic E-state index is 8.42. The van der Waals surface area contributed by atoms with Gasteiger partial charge in [-0.3, -0.25) is 0 Å². The first-order chi connectivity index (χ1) is 5.41. The molecule has 0 fully saturated rings. The van der Waals surface area contributed by atoms with Crippen LogP contribution in [0.5, 0.6) is 0 Å². The van der Waals surface area contributed by atoms with E-state index in [-0.39, 0.29) is 0 Å². The Morgan fingerprint density at radius 1 is 1.00 bits per heavy atom. The van der Waals surface area contributed by atoms with Crippen molar-refractivity contribution < 1.29 is 8.91 Å². The molecule has 0 aliphatic heterocycles. The quantitative estimate of drug-likeness (QED) is 0.490. The molecular weight excluding hydrogens is 155 g/mol. The van der Waals surface area contributed by atoms with Crippen LogP contribution in [0.3, 0.4) is 0 Å². The van der Waals surface area contributed by atoms with E-state index >= 15 is 0 Å². The van der Waals surface area contributed by atoms with Crippen LogP contribution in [-0.2, 0) is 3.80 Å². The maximum absolute atomic E-state index is 8.42. The first-order valence-corrected chi connectivity index (χ1v) is 4.89. The van der Waals surface area contributed by atoms with E-state index in [0.29, 0.717) is 22.8 Å². The first kappa shape index (κ1) is 13.9. The van der Waals surface area contributed by atoms with E-state index < -0.39 is 0 Å². The zero-order valence-electron chi connectivity index (χ0n) is 7.51. The molecule has 11 heavy (non-hydrogen) atoms. The van der Waals surface area contributed by atoms with E-state index in [1.54, 1.807) is 0 Å². The number of hydrogen-bond donors (Lipinski definition) is 1. The third-order valence-corrected chi connectivity index (χ3v) is 1.51. The van der Waals surface area contributed by atoms with Gasteiger partial charge in [0.2, 0.25) is 0 Å². The summed E-state index contributed by atoms with van der Waals surface area (Å²) in [6, 6.07) is 0. The molecule has 0 rings (SSSR count). The van der Waals surface area contributed by atoms with Crippen molar-refractivity contribution in [3.05, 3.63) is 0 Å². The molecule has 0 radical (unpaired) electrons. The Morgan fingerprint density at radius 3 is 1.91 bits per heavy atom. The summed E-state index contributed by atoms with van der Waals surface area (Å²) >= 11 is 0.611. The van der Waals surface area contributed by atoms with E-state index in [0.717, 1.165) is 6.42 Å².